The number of carbonyl (C=O) groups is 2. The first kappa shape index (κ1) is 19.0. The summed E-state index contributed by atoms with van der Waals surface area (Å²) in [6.45, 7) is 8.13. The van der Waals surface area contributed by atoms with E-state index < -0.39 is 12.0 Å². The predicted octanol–water partition coefficient (Wildman–Crippen LogP) is 2.85. The van der Waals surface area contributed by atoms with Gasteiger partial charge in [-0.3, -0.25) is 0 Å². The summed E-state index contributed by atoms with van der Waals surface area (Å²) in [6.07, 6.45) is 1.01. The molecule has 1 aliphatic rings. The van der Waals surface area contributed by atoms with Crippen LogP contribution in [-0.4, -0.2) is 31.3 Å². The van der Waals surface area contributed by atoms with E-state index in [9.17, 15) is 9.59 Å². The van der Waals surface area contributed by atoms with Gasteiger partial charge in [0.15, 0.2) is 0 Å². The number of benzene rings is 1. The van der Waals surface area contributed by atoms with Crippen molar-refractivity contribution in [1.82, 2.24) is 10.6 Å². The van der Waals surface area contributed by atoms with Crippen LogP contribution in [0.2, 0.25) is 0 Å². The number of hydrogen-bond acceptors (Lipinski definition) is 4. The van der Waals surface area contributed by atoms with Gasteiger partial charge in [0.2, 0.25) is 0 Å². The number of amides is 2. The summed E-state index contributed by atoms with van der Waals surface area (Å²) in [7, 11) is 0. The van der Waals surface area contributed by atoms with E-state index in [1.807, 2.05) is 38.1 Å². The molecule has 0 aliphatic carbocycles. The van der Waals surface area contributed by atoms with E-state index in [1.165, 1.54) is 5.56 Å². The maximum Gasteiger partial charge on any atom is 0.338 e. The van der Waals surface area contributed by atoms with E-state index in [0.29, 0.717) is 17.9 Å². The topological polar surface area (TPSA) is 76.7 Å². The van der Waals surface area contributed by atoms with Crippen molar-refractivity contribution in [3.05, 3.63) is 46.7 Å². The quantitative estimate of drug-likeness (QED) is 0.588. The molecule has 2 amide bonds. The second kappa shape index (κ2) is 8.67. The summed E-state index contributed by atoms with van der Waals surface area (Å²) < 4.78 is 10.7. The van der Waals surface area contributed by atoms with Gasteiger partial charge in [0.25, 0.3) is 0 Å². The molecule has 1 heterocycles. The van der Waals surface area contributed by atoms with Crippen LogP contribution in [0.15, 0.2) is 35.5 Å². The minimum Gasteiger partial charge on any atom is -0.460 e. The second-order valence-electron chi connectivity index (χ2n) is 6.22. The van der Waals surface area contributed by atoms with Crippen molar-refractivity contribution in [3.63, 3.8) is 0 Å². The van der Waals surface area contributed by atoms with Crippen molar-refractivity contribution in [3.8, 4) is 0 Å². The highest BCUT2D eigenvalue weighted by Gasteiger charge is 2.32. The molecule has 0 spiro atoms. The Labute approximate surface area is 148 Å². The van der Waals surface area contributed by atoms with Gasteiger partial charge in [-0.1, -0.05) is 31.2 Å². The molecule has 1 aromatic carbocycles. The Morgan fingerprint density at radius 3 is 2.48 bits per heavy atom. The van der Waals surface area contributed by atoms with Crippen molar-refractivity contribution in [2.45, 2.75) is 46.3 Å². The first-order valence-corrected chi connectivity index (χ1v) is 8.58. The fourth-order valence-electron chi connectivity index (χ4n) is 2.66. The predicted molar refractivity (Wildman–Crippen MR) is 95.0 cm³/mol. The third kappa shape index (κ3) is 5.06. The van der Waals surface area contributed by atoms with Crippen molar-refractivity contribution < 1.29 is 19.1 Å². The number of ether oxygens (including phenoxy) is 2. The maximum absolute atomic E-state index is 12.5. The molecule has 0 saturated heterocycles. The zero-order chi connectivity index (χ0) is 18.4. The van der Waals surface area contributed by atoms with Crippen LogP contribution in [-0.2, 0) is 20.7 Å². The van der Waals surface area contributed by atoms with Gasteiger partial charge in [0, 0.05) is 5.70 Å². The van der Waals surface area contributed by atoms with Crippen LogP contribution in [0.4, 0.5) is 4.79 Å². The number of carbonyl (C=O) groups excluding carboxylic acids is 2. The van der Waals surface area contributed by atoms with Gasteiger partial charge in [0.1, 0.15) is 6.61 Å². The van der Waals surface area contributed by atoms with Crippen LogP contribution in [0.25, 0.3) is 0 Å². The average molecular weight is 346 g/mol. The number of aryl methyl sites for hydroxylation is 1. The summed E-state index contributed by atoms with van der Waals surface area (Å²) in [4.78, 5) is 24.4. The first-order chi connectivity index (χ1) is 11.9. The number of rotatable bonds is 7. The minimum atomic E-state index is -0.529. The van der Waals surface area contributed by atoms with Gasteiger partial charge < -0.3 is 20.1 Å². The Morgan fingerprint density at radius 1 is 1.20 bits per heavy atom. The molecule has 0 bridgehead atoms. The Balaban J connectivity index is 2.16. The standard InChI is InChI=1S/C19H26N2O4/c1-5-14-6-8-15(9-7-14)17-16(13(4)20-19(23)21-17)18(22)25-11-10-24-12(2)3/h6-9,12,17H,5,10-11H2,1-4H3,(H2,20,21,23)/t17-/m0/s1. The summed E-state index contributed by atoms with van der Waals surface area (Å²) in [5.74, 6) is -0.457. The van der Waals surface area contributed by atoms with E-state index in [1.54, 1.807) is 6.92 Å². The molecule has 0 saturated carbocycles. The summed E-state index contributed by atoms with van der Waals surface area (Å²) in [6, 6.07) is 6.99. The zero-order valence-electron chi connectivity index (χ0n) is 15.2. The Hall–Kier alpha value is -2.34. The van der Waals surface area contributed by atoms with Crippen LogP contribution < -0.4 is 10.6 Å². The van der Waals surface area contributed by atoms with Crippen molar-refractivity contribution >= 4 is 12.0 Å². The second-order valence-corrected chi connectivity index (χ2v) is 6.22. The van der Waals surface area contributed by atoms with Crippen molar-refractivity contribution in [2.75, 3.05) is 13.2 Å². The van der Waals surface area contributed by atoms with Crippen LogP contribution in [0, 0.1) is 0 Å². The Bertz CT molecular complexity index is 650. The Morgan fingerprint density at radius 2 is 1.88 bits per heavy atom. The van der Waals surface area contributed by atoms with E-state index in [2.05, 4.69) is 17.6 Å². The van der Waals surface area contributed by atoms with Crippen molar-refractivity contribution in [1.29, 1.82) is 0 Å². The van der Waals surface area contributed by atoms with Gasteiger partial charge in [-0.2, -0.15) is 0 Å². The third-order valence-electron chi connectivity index (χ3n) is 3.98. The third-order valence-corrected chi connectivity index (χ3v) is 3.98. The van der Waals surface area contributed by atoms with Gasteiger partial charge in [0.05, 0.1) is 24.3 Å². The number of nitrogens with one attached hydrogen (secondary N) is 2. The van der Waals surface area contributed by atoms with E-state index in [-0.39, 0.29) is 18.7 Å². The monoisotopic (exact) mass is 346 g/mol. The summed E-state index contributed by atoms with van der Waals surface area (Å²) in [5.41, 5.74) is 2.95. The molecule has 0 unspecified atom stereocenters. The van der Waals surface area contributed by atoms with Crippen LogP contribution >= 0.6 is 0 Å². The molecule has 2 rings (SSSR count). The number of urea groups is 1. The maximum atomic E-state index is 12.5. The van der Waals surface area contributed by atoms with Crippen LogP contribution in [0.3, 0.4) is 0 Å². The molecule has 0 fully saturated rings. The van der Waals surface area contributed by atoms with Gasteiger partial charge >= 0.3 is 12.0 Å². The molecular weight excluding hydrogens is 320 g/mol. The van der Waals surface area contributed by atoms with Crippen LogP contribution in [0.1, 0.15) is 44.9 Å². The normalized spacial score (nSPS) is 17.3. The summed E-state index contributed by atoms with van der Waals surface area (Å²) in [5, 5.41) is 5.44. The van der Waals surface area contributed by atoms with E-state index >= 15 is 0 Å². The molecular formula is C19H26N2O4. The molecule has 0 aromatic heterocycles. The number of esters is 1. The van der Waals surface area contributed by atoms with Gasteiger partial charge in [-0.15, -0.1) is 0 Å². The van der Waals surface area contributed by atoms with E-state index in [0.717, 1.165) is 12.0 Å². The van der Waals surface area contributed by atoms with Crippen LogP contribution in [0.5, 0.6) is 0 Å². The lowest BCUT2D eigenvalue weighted by atomic mass is 9.94. The molecule has 6 heteroatoms. The SMILES string of the molecule is CCc1ccc([C@@H]2NC(=O)NC(C)=C2C(=O)OCCOC(C)C)cc1. The highest BCUT2D eigenvalue weighted by atomic mass is 16.6. The average Bonchev–Trinajstić information content (AvgIpc) is 2.57. The molecule has 2 N–H and O–H groups in total. The molecule has 1 aliphatic heterocycles. The lowest BCUT2D eigenvalue weighted by Crippen LogP contribution is -2.45. The van der Waals surface area contributed by atoms with Gasteiger partial charge in [-0.25, -0.2) is 9.59 Å². The molecule has 136 valence electrons. The van der Waals surface area contributed by atoms with Crippen molar-refractivity contribution in [2.24, 2.45) is 0 Å². The fraction of sp³-hybridized carbons (Fsp3) is 0.474. The molecule has 0 radical (unpaired) electrons. The van der Waals surface area contributed by atoms with Gasteiger partial charge in [-0.05, 0) is 38.3 Å². The first-order valence-electron chi connectivity index (χ1n) is 8.58. The number of allylic oxidation sites excluding steroid dienone is 1. The highest BCUT2D eigenvalue weighted by molar-refractivity contribution is 5.95. The lowest BCUT2D eigenvalue weighted by molar-refractivity contribution is -0.141. The fourth-order valence-corrected chi connectivity index (χ4v) is 2.66. The summed E-state index contributed by atoms with van der Waals surface area (Å²) >= 11 is 0. The lowest BCUT2D eigenvalue weighted by Gasteiger charge is -2.28. The smallest absolute Gasteiger partial charge is 0.338 e. The number of hydrogen-bond donors (Lipinski definition) is 2. The highest BCUT2D eigenvalue weighted by Crippen LogP contribution is 2.27. The van der Waals surface area contributed by atoms with E-state index in [4.69, 9.17) is 9.47 Å². The zero-order valence-corrected chi connectivity index (χ0v) is 15.2. The Kier molecular flexibility index (Phi) is 6.58. The minimum absolute atomic E-state index is 0.0834. The molecule has 1 aromatic rings. The molecule has 25 heavy (non-hydrogen) atoms. The largest absolute Gasteiger partial charge is 0.460 e. The molecule has 6 nitrogen and oxygen atoms in total. The molecule has 1 atom stereocenters.